The summed E-state index contributed by atoms with van der Waals surface area (Å²) in [5.41, 5.74) is 3.25. The van der Waals surface area contributed by atoms with Gasteiger partial charge in [0.2, 0.25) is 0 Å². The van der Waals surface area contributed by atoms with Gasteiger partial charge in [-0.2, -0.15) is 0 Å². The van der Waals surface area contributed by atoms with Crippen molar-refractivity contribution in [1.82, 2.24) is 5.32 Å². The van der Waals surface area contributed by atoms with Crippen LogP contribution in [-0.4, -0.2) is 12.1 Å². The molecule has 0 atom stereocenters. The van der Waals surface area contributed by atoms with Crippen molar-refractivity contribution >= 4 is 11.7 Å². The molecule has 0 aromatic heterocycles. The van der Waals surface area contributed by atoms with Crippen LogP contribution in [0.15, 0.2) is 18.2 Å². The number of rotatable bonds is 2. The average molecular weight is 260 g/mol. The minimum Gasteiger partial charge on any atom is -0.335 e. The molecule has 0 saturated heterocycles. The number of hydrogen-bond acceptors (Lipinski definition) is 1. The normalized spacial score (nSPS) is 16.7. The maximum atomic E-state index is 12.0. The monoisotopic (exact) mass is 260 g/mol. The lowest BCUT2D eigenvalue weighted by Crippen LogP contribution is -2.37. The Morgan fingerprint density at radius 3 is 2.47 bits per heavy atom. The van der Waals surface area contributed by atoms with E-state index in [4.69, 9.17) is 0 Å². The van der Waals surface area contributed by atoms with E-state index in [-0.39, 0.29) is 6.03 Å². The van der Waals surface area contributed by atoms with Crippen LogP contribution in [0.3, 0.4) is 0 Å². The highest BCUT2D eigenvalue weighted by Gasteiger charge is 2.15. The first-order valence-electron chi connectivity index (χ1n) is 7.30. The third kappa shape index (κ3) is 3.98. The minimum atomic E-state index is -0.0689. The predicted octanol–water partition coefficient (Wildman–Crippen LogP) is 4.15. The first kappa shape index (κ1) is 13.9. The highest BCUT2D eigenvalue weighted by molar-refractivity contribution is 5.90. The second-order valence-electron chi connectivity index (χ2n) is 5.53. The Kier molecular flexibility index (Phi) is 4.83. The van der Waals surface area contributed by atoms with Gasteiger partial charge in [0.25, 0.3) is 0 Å². The van der Waals surface area contributed by atoms with E-state index in [0.29, 0.717) is 6.04 Å². The molecule has 104 valence electrons. The summed E-state index contributed by atoms with van der Waals surface area (Å²) in [5, 5.41) is 6.07. The second kappa shape index (κ2) is 6.60. The van der Waals surface area contributed by atoms with Crippen molar-refractivity contribution in [2.45, 2.75) is 58.4 Å². The molecule has 1 fully saturated rings. The van der Waals surface area contributed by atoms with Crippen LogP contribution < -0.4 is 10.6 Å². The summed E-state index contributed by atoms with van der Waals surface area (Å²) in [6, 6.07) is 6.26. The van der Waals surface area contributed by atoms with Crippen molar-refractivity contribution in [3.8, 4) is 0 Å². The zero-order valence-corrected chi connectivity index (χ0v) is 12.0. The summed E-state index contributed by atoms with van der Waals surface area (Å²) in [6.45, 7) is 4.10. The Morgan fingerprint density at radius 2 is 1.79 bits per heavy atom. The van der Waals surface area contributed by atoms with Crippen LogP contribution in [0, 0.1) is 13.8 Å². The molecule has 0 bridgehead atoms. The molecule has 0 radical (unpaired) electrons. The Balaban J connectivity index is 1.91. The first-order chi connectivity index (χ1) is 9.16. The molecule has 0 aliphatic heterocycles. The molecule has 1 aliphatic carbocycles. The van der Waals surface area contributed by atoms with Crippen molar-refractivity contribution in [2.75, 3.05) is 5.32 Å². The van der Waals surface area contributed by atoms with Gasteiger partial charge in [-0.25, -0.2) is 4.79 Å². The summed E-state index contributed by atoms with van der Waals surface area (Å²) < 4.78 is 0. The van der Waals surface area contributed by atoms with Gasteiger partial charge in [-0.3, -0.25) is 0 Å². The van der Waals surface area contributed by atoms with Gasteiger partial charge in [0.1, 0.15) is 0 Å². The van der Waals surface area contributed by atoms with Crippen LogP contribution >= 0.6 is 0 Å². The van der Waals surface area contributed by atoms with Crippen LogP contribution in [0.5, 0.6) is 0 Å². The number of carbonyl (C=O) groups excluding carboxylic acids is 1. The summed E-state index contributed by atoms with van der Waals surface area (Å²) in [4.78, 5) is 12.0. The van der Waals surface area contributed by atoms with Gasteiger partial charge in [-0.15, -0.1) is 0 Å². The van der Waals surface area contributed by atoms with Crippen LogP contribution in [0.25, 0.3) is 0 Å². The lowest BCUT2D eigenvalue weighted by atomic mass is 10.1. The molecule has 2 N–H and O–H groups in total. The molecule has 2 amide bonds. The van der Waals surface area contributed by atoms with Gasteiger partial charge in [-0.05, 0) is 43.9 Å². The molecule has 2 rings (SSSR count). The molecule has 1 aromatic rings. The Labute approximate surface area is 115 Å². The van der Waals surface area contributed by atoms with Gasteiger partial charge in [0.15, 0.2) is 0 Å². The molecule has 19 heavy (non-hydrogen) atoms. The zero-order chi connectivity index (χ0) is 13.7. The fraction of sp³-hybridized carbons (Fsp3) is 0.562. The molecular weight excluding hydrogens is 236 g/mol. The number of urea groups is 1. The molecule has 1 aromatic carbocycles. The minimum absolute atomic E-state index is 0.0689. The third-order valence-corrected chi connectivity index (χ3v) is 4.04. The topological polar surface area (TPSA) is 41.1 Å². The maximum absolute atomic E-state index is 12.0. The van der Waals surface area contributed by atoms with Crippen LogP contribution in [0.2, 0.25) is 0 Å². The average Bonchev–Trinajstić information content (AvgIpc) is 2.63. The lowest BCUT2D eigenvalue weighted by molar-refractivity contribution is 0.247. The van der Waals surface area contributed by atoms with Crippen LogP contribution in [0.1, 0.15) is 49.7 Å². The van der Waals surface area contributed by atoms with E-state index >= 15 is 0 Å². The van der Waals surface area contributed by atoms with E-state index in [1.54, 1.807) is 0 Å². The van der Waals surface area contributed by atoms with Gasteiger partial charge in [0, 0.05) is 11.7 Å². The summed E-state index contributed by atoms with van der Waals surface area (Å²) >= 11 is 0. The number of anilines is 1. The van der Waals surface area contributed by atoms with Gasteiger partial charge < -0.3 is 10.6 Å². The largest absolute Gasteiger partial charge is 0.335 e. The van der Waals surface area contributed by atoms with Crippen molar-refractivity contribution in [2.24, 2.45) is 0 Å². The van der Waals surface area contributed by atoms with Gasteiger partial charge in [0.05, 0.1) is 0 Å². The highest BCUT2D eigenvalue weighted by Crippen LogP contribution is 2.19. The molecule has 1 aliphatic rings. The molecular formula is C16H24N2O. The molecule has 0 heterocycles. The van der Waals surface area contributed by atoms with Gasteiger partial charge >= 0.3 is 6.03 Å². The summed E-state index contributed by atoms with van der Waals surface area (Å²) in [5.74, 6) is 0. The number of benzene rings is 1. The predicted molar refractivity (Wildman–Crippen MR) is 79.6 cm³/mol. The van der Waals surface area contributed by atoms with E-state index in [1.807, 2.05) is 19.1 Å². The van der Waals surface area contributed by atoms with Crippen molar-refractivity contribution < 1.29 is 4.79 Å². The summed E-state index contributed by atoms with van der Waals surface area (Å²) in [7, 11) is 0. The quantitative estimate of drug-likeness (QED) is 0.771. The van der Waals surface area contributed by atoms with Crippen LogP contribution in [0.4, 0.5) is 10.5 Å². The van der Waals surface area contributed by atoms with Gasteiger partial charge in [-0.1, -0.05) is 37.8 Å². The van der Waals surface area contributed by atoms with E-state index in [2.05, 4.69) is 23.6 Å². The standard InChI is InChI=1S/C16H24N2O/c1-12-8-7-11-15(13(12)2)18-16(19)17-14-9-5-3-4-6-10-14/h7-8,11,14H,3-6,9-10H2,1-2H3,(H2,17,18,19). The molecule has 0 spiro atoms. The Hall–Kier alpha value is -1.51. The number of amides is 2. The lowest BCUT2D eigenvalue weighted by Gasteiger charge is -2.17. The Morgan fingerprint density at radius 1 is 1.11 bits per heavy atom. The van der Waals surface area contributed by atoms with Crippen LogP contribution in [-0.2, 0) is 0 Å². The van der Waals surface area contributed by atoms with E-state index in [0.717, 1.165) is 24.1 Å². The van der Waals surface area contributed by atoms with E-state index < -0.39 is 0 Å². The number of carbonyl (C=O) groups is 1. The molecule has 3 heteroatoms. The second-order valence-corrected chi connectivity index (χ2v) is 5.53. The van der Waals surface area contributed by atoms with Crippen molar-refractivity contribution in [1.29, 1.82) is 0 Å². The number of nitrogens with one attached hydrogen (secondary N) is 2. The molecule has 3 nitrogen and oxygen atoms in total. The fourth-order valence-corrected chi connectivity index (χ4v) is 2.65. The SMILES string of the molecule is Cc1cccc(NC(=O)NC2CCCCCC2)c1C. The smallest absolute Gasteiger partial charge is 0.319 e. The Bertz CT molecular complexity index is 434. The third-order valence-electron chi connectivity index (χ3n) is 4.04. The highest BCUT2D eigenvalue weighted by atomic mass is 16.2. The first-order valence-corrected chi connectivity index (χ1v) is 7.30. The number of aryl methyl sites for hydroxylation is 1. The zero-order valence-electron chi connectivity index (χ0n) is 12.0. The van der Waals surface area contributed by atoms with Crippen molar-refractivity contribution in [3.05, 3.63) is 29.3 Å². The number of hydrogen-bond donors (Lipinski definition) is 2. The fourth-order valence-electron chi connectivity index (χ4n) is 2.65. The maximum Gasteiger partial charge on any atom is 0.319 e. The van der Waals surface area contributed by atoms with E-state index in [9.17, 15) is 4.79 Å². The van der Waals surface area contributed by atoms with Crippen molar-refractivity contribution in [3.63, 3.8) is 0 Å². The molecule has 1 saturated carbocycles. The van der Waals surface area contributed by atoms with E-state index in [1.165, 1.54) is 31.2 Å². The summed E-state index contributed by atoms with van der Waals surface area (Å²) in [6.07, 6.45) is 7.29. The molecule has 0 unspecified atom stereocenters.